The van der Waals surface area contributed by atoms with E-state index in [-0.39, 0.29) is 6.54 Å². The molecule has 0 bridgehead atoms. The molecule has 1 unspecified atom stereocenters. The first kappa shape index (κ1) is 30.0. The Bertz CT molecular complexity index is 1500. The van der Waals surface area contributed by atoms with Gasteiger partial charge in [0, 0.05) is 43.6 Å². The Morgan fingerprint density at radius 3 is 2.51 bits per heavy atom. The van der Waals surface area contributed by atoms with E-state index in [1.54, 1.807) is 42.6 Å². The van der Waals surface area contributed by atoms with E-state index >= 15 is 0 Å². The van der Waals surface area contributed by atoms with Crippen molar-refractivity contribution in [1.82, 2.24) is 15.2 Å². The molecule has 11 nitrogen and oxygen atoms in total. The van der Waals surface area contributed by atoms with Crippen LogP contribution in [0.5, 0.6) is 5.75 Å². The van der Waals surface area contributed by atoms with Crippen LogP contribution in [-0.4, -0.2) is 64.8 Å². The minimum atomic E-state index is -0.781. The van der Waals surface area contributed by atoms with Gasteiger partial charge in [-0.25, -0.2) is 14.6 Å². The number of urea groups is 1. The SMILES string of the molecule is COc1cc(NC(=O)Nc2cccc(CNC(=O)OC(CN3CC[S+]([O-])CC3)c3ccccc3)c2)ccc1-c1cnco1. The molecule has 1 aliphatic rings. The number of carbonyl (C=O) groups excluding carboxylic acids is 2. The highest BCUT2D eigenvalue weighted by Gasteiger charge is 2.25. The molecule has 0 spiro atoms. The van der Waals surface area contributed by atoms with Gasteiger partial charge in [-0.2, -0.15) is 0 Å². The first-order valence-corrected chi connectivity index (χ1v) is 15.3. The molecular formula is C31H33N5O6S. The van der Waals surface area contributed by atoms with Crippen molar-refractivity contribution < 1.29 is 28.0 Å². The normalized spacial score (nSPS) is 14.5. The summed E-state index contributed by atoms with van der Waals surface area (Å²) in [7, 11) is 1.54. The lowest BCUT2D eigenvalue weighted by Gasteiger charge is -2.31. The summed E-state index contributed by atoms with van der Waals surface area (Å²) in [4.78, 5) is 31.6. The average molecular weight is 604 g/mol. The monoisotopic (exact) mass is 603 g/mol. The van der Waals surface area contributed by atoms with Gasteiger partial charge in [-0.1, -0.05) is 53.6 Å². The third-order valence-corrected chi connectivity index (χ3v) is 8.17. The van der Waals surface area contributed by atoms with Gasteiger partial charge in [0.1, 0.15) is 23.4 Å². The van der Waals surface area contributed by atoms with Crippen molar-refractivity contribution >= 4 is 34.7 Å². The van der Waals surface area contributed by atoms with Gasteiger partial charge in [-0.15, -0.1) is 0 Å². The highest BCUT2D eigenvalue weighted by atomic mass is 32.2. The number of anilines is 2. The van der Waals surface area contributed by atoms with Gasteiger partial charge >= 0.3 is 12.1 Å². The number of methoxy groups -OCH3 is 1. The molecule has 3 amide bonds. The van der Waals surface area contributed by atoms with Crippen LogP contribution < -0.4 is 20.7 Å². The quantitative estimate of drug-likeness (QED) is 0.215. The Morgan fingerprint density at radius 2 is 1.79 bits per heavy atom. The molecule has 0 radical (unpaired) electrons. The Balaban J connectivity index is 1.14. The summed E-state index contributed by atoms with van der Waals surface area (Å²) in [5, 5.41) is 8.41. The number of hydrogen-bond acceptors (Lipinski definition) is 8. The topological polar surface area (TPSA) is 141 Å². The van der Waals surface area contributed by atoms with Crippen LogP contribution in [-0.2, 0) is 22.5 Å². The van der Waals surface area contributed by atoms with Crippen LogP contribution in [0, 0.1) is 0 Å². The van der Waals surface area contributed by atoms with Crippen LogP contribution in [0.25, 0.3) is 11.3 Å². The van der Waals surface area contributed by atoms with Crippen LogP contribution in [0.4, 0.5) is 21.0 Å². The fraction of sp³-hybridized carbons (Fsp3) is 0.258. The average Bonchev–Trinajstić information content (AvgIpc) is 3.56. The van der Waals surface area contributed by atoms with E-state index in [2.05, 4.69) is 25.8 Å². The van der Waals surface area contributed by atoms with Gasteiger partial charge in [-0.05, 0) is 35.4 Å². The van der Waals surface area contributed by atoms with Crippen LogP contribution in [0.15, 0.2) is 89.8 Å². The molecule has 43 heavy (non-hydrogen) atoms. The summed E-state index contributed by atoms with van der Waals surface area (Å²) >= 11 is -0.781. The number of rotatable bonds is 10. The Kier molecular flexibility index (Phi) is 10.2. The first-order valence-electron chi connectivity index (χ1n) is 13.8. The van der Waals surface area contributed by atoms with Crippen molar-refractivity contribution in [3.8, 4) is 17.1 Å². The second kappa shape index (κ2) is 14.6. The minimum absolute atomic E-state index is 0.209. The molecule has 3 N–H and O–H groups in total. The fourth-order valence-electron chi connectivity index (χ4n) is 4.69. The summed E-state index contributed by atoms with van der Waals surface area (Å²) in [5.74, 6) is 2.33. The van der Waals surface area contributed by atoms with E-state index in [9.17, 15) is 14.1 Å². The van der Waals surface area contributed by atoms with Crippen molar-refractivity contribution in [3.63, 3.8) is 0 Å². The number of alkyl carbamates (subject to hydrolysis) is 1. The summed E-state index contributed by atoms with van der Waals surface area (Å²) in [5.41, 5.74) is 3.47. The number of hydrogen-bond donors (Lipinski definition) is 3. The second-order valence-electron chi connectivity index (χ2n) is 9.87. The third-order valence-electron chi connectivity index (χ3n) is 6.89. The Morgan fingerprint density at radius 1 is 1.02 bits per heavy atom. The maximum Gasteiger partial charge on any atom is 0.408 e. The molecule has 1 aromatic heterocycles. The Labute approximate surface area is 252 Å². The molecule has 224 valence electrons. The number of nitrogens with zero attached hydrogens (tertiary/aromatic N) is 2. The standard InChI is InChI=1S/C31H33N5O6S/c1-40-27-17-25(10-11-26(27)28-19-32-21-41-28)35-30(37)34-24-9-5-6-22(16-24)18-33-31(38)42-29(23-7-3-2-4-8-23)20-36-12-14-43(39)15-13-36/h2-11,16-17,19,21,29H,12-15,18,20H2,1H3,(H,33,38)(H2,34,35,37). The van der Waals surface area contributed by atoms with E-state index < -0.39 is 29.4 Å². The number of carbonyl (C=O) groups is 2. The highest BCUT2D eigenvalue weighted by molar-refractivity contribution is 7.91. The van der Waals surface area contributed by atoms with E-state index in [1.807, 2.05) is 36.4 Å². The molecule has 1 saturated heterocycles. The number of amides is 3. The molecule has 1 atom stereocenters. The van der Waals surface area contributed by atoms with Crippen molar-refractivity contribution in [2.45, 2.75) is 12.6 Å². The van der Waals surface area contributed by atoms with Crippen molar-refractivity contribution in [2.75, 3.05) is 48.9 Å². The minimum Gasteiger partial charge on any atom is -0.616 e. The van der Waals surface area contributed by atoms with Gasteiger partial charge in [0.2, 0.25) is 0 Å². The summed E-state index contributed by atoms with van der Waals surface area (Å²) in [6.45, 7) is 2.14. The van der Waals surface area contributed by atoms with Crippen LogP contribution >= 0.6 is 0 Å². The lowest BCUT2D eigenvalue weighted by atomic mass is 10.1. The predicted octanol–water partition coefficient (Wildman–Crippen LogP) is 5.03. The molecule has 12 heteroatoms. The van der Waals surface area contributed by atoms with Gasteiger partial charge in [0.05, 0.1) is 18.9 Å². The summed E-state index contributed by atoms with van der Waals surface area (Å²) < 4.78 is 28.4. The van der Waals surface area contributed by atoms with Gasteiger partial charge in [-0.3, -0.25) is 4.90 Å². The van der Waals surface area contributed by atoms with E-state index in [1.165, 1.54) is 13.5 Å². The number of benzene rings is 3. The number of aromatic nitrogens is 1. The maximum atomic E-state index is 12.8. The summed E-state index contributed by atoms with van der Waals surface area (Å²) in [6.07, 6.45) is 1.91. The lowest BCUT2D eigenvalue weighted by molar-refractivity contribution is 0.0711. The molecule has 4 aromatic rings. The largest absolute Gasteiger partial charge is 0.616 e. The second-order valence-corrected chi connectivity index (χ2v) is 11.6. The van der Waals surface area contributed by atoms with Crippen molar-refractivity contribution in [2.24, 2.45) is 0 Å². The molecular weight excluding hydrogens is 570 g/mol. The fourth-order valence-corrected chi connectivity index (χ4v) is 5.82. The molecule has 5 rings (SSSR count). The molecule has 2 heterocycles. The van der Waals surface area contributed by atoms with Crippen LogP contribution in [0.3, 0.4) is 0 Å². The molecule has 0 aliphatic carbocycles. The van der Waals surface area contributed by atoms with Gasteiger partial charge in [0.25, 0.3) is 0 Å². The molecule has 0 saturated carbocycles. The molecule has 3 aromatic carbocycles. The zero-order chi connectivity index (χ0) is 30.0. The smallest absolute Gasteiger partial charge is 0.408 e. The third kappa shape index (κ3) is 8.51. The maximum absolute atomic E-state index is 12.8. The van der Waals surface area contributed by atoms with Crippen LogP contribution in [0.1, 0.15) is 17.2 Å². The van der Waals surface area contributed by atoms with E-state index in [0.717, 1.165) is 11.1 Å². The molecule has 1 aliphatic heterocycles. The molecule has 1 fully saturated rings. The number of ether oxygens (including phenoxy) is 2. The van der Waals surface area contributed by atoms with Gasteiger partial charge in [0.15, 0.2) is 12.2 Å². The zero-order valence-corrected chi connectivity index (χ0v) is 24.5. The van der Waals surface area contributed by atoms with Crippen molar-refractivity contribution in [1.29, 1.82) is 0 Å². The number of oxazole rings is 1. The zero-order valence-electron chi connectivity index (χ0n) is 23.7. The lowest BCUT2D eigenvalue weighted by Crippen LogP contribution is -2.43. The highest BCUT2D eigenvalue weighted by Crippen LogP contribution is 2.32. The van der Waals surface area contributed by atoms with Crippen LogP contribution in [0.2, 0.25) is 0 Å². The van der Waals surface area contributed by atoms with Gasteiger partial charge < -0.3 is 34.4 Å². The van der Waals surface area contributed by atoms with E-state index in [4.69, 9.17) is 13.9 Å². The van der Waals surface area contributed by atoms with E-state index in [0.29, 0.717) is 59.6 Å². The predicted molar refractivity (Wildman–Crippen MR) is 164 cm³/mol. The number of nitrogens with one attached hydrogen (secondary N) is 3. The van der Waals surface area contributed by atoms with Crippen molar-refractivity contribution in [3.05, 3.63) is 96.5 Å². The first-order chi connectivity index (χ1) is 21.0. The summed E-state index contributed by atoms with van der Waals surface area (Å²) in [6, 6.07) is 21.5. The Hall–Kier alpha value is -4.52.